The molecule has 1 N–H and O–H groups in total. The Kier molecular flexibility index (Phi) is 5.15. The smallest absolute Gasteiger partial charge is 0.345 e. The number of carbonyl (C=O) groups excluding carboxylic acids is 2. The van der Waals surface area contributed by atoms with Crippen LogP contribution in [0.4, 0.5) is 22.0 Å². The summed E-state index contributed by atoms with van der Waals surface area (Å²) in [6, 6.07) is 0. The van der Waals surface area contributed by atoms with Gasteiger partial charge in [0.2, 0.25) is 0 Å². The second-order valence-corrected chi connectivity index (χ2v) is 5.42. The molecule has 0 unspecified atom stereocenters. The fourth-order valence-electron chi connectivity index (χ4n) is 2.27. The third kappa shape index (κ3) is 3.67. The molecule has 1 aliphatic carbocycles. The van der Waals surface area contributed by atoms with E-state index in [0.29, 0.717) is 12.8 Å². The Labute approximate surface area is 120 Å². The van der Waals surface area contributed by atoms with Gasteiger partial charge in [-0.05, 0) is 12.8 Å². The molecule has 0 atom stereocenters. The van der Waals surface area contributed by atoms with Gasteiger partial charge in [-0.3, -0.25) is 9.59 Å². The second-order valence-electron chi connectivity index (χ2n) is 4.86. The van der Waals surface area contributed by atoms with Gasteiger partial charge in [0.25, 0.3) is 0 Å². The summed E-state index contributed by atoms with van der Waals surface area (Å²) in [6.45, 7) is 0. The number of amides is 1. The Bertz CT molecular complexity index is 391. The van der Waals surface area contributed by atoms with E-state index >= 15 is 0 Å². The lowest BCUT2D eigenvalue weighted by atomic mass is 9.91. The van der Waals surface area contributed by atoms with Crippen molar-refractivity contribution in [1.82, 2.24) is 5.32 Å². The highest BCUT2D eigenvalue weighted by molar-refractivity contribution is 9.09. The molecule has 0 aromatic carbocycles. The maximum Gasteiger partial charge on any atom is 0.463 e. The van der Waals surface area contributed by atoms with Gasteiger partial charge in [0.1, 0.15) is 5.78 Å². The molecular formula is C11H13BrF5NO2. The molecule has 0 heterocycles. The molecule has 0 aromatic rings. The van der Waals surface area contributed by atoms with Crippen LogP contribution in [-0.4, -0.2) is 34.7 Å². The highest BCUT2D eigenvalue weighted by Crippen LogP contribution is 2.38. The van der Waals surface area contributed by atoms with Crippen molar-refractivity contribution < 1.29 is 31.5 Å². The minimum atomic E-state index is -5.95. The lowest BCUT2D eigenvalue weighted by Crippen LogP contribution is -2.57. The van der Waals surface area contributed by atoms with Gasteiger partial charge in [0, 0.05) is 12.0 Å². The van der Waals surface area contributed by atoms with E-state index in [1.165, 1.54) is 0 Å². The summed E-state index contributed by atoms with van der Waals surface area (Å²) in [5.41, 5.74) is -1.30. The van der Waals surface area contributed by atoms with Crippen LogP contribution in [0.5, 0.6) is 0 Å². The maximum atomic E-state index is 12.9. The largest absolute Gasteiger partial charge is 0.463 e. The predicted molar refractivity (Wildman–Crippen MR) is 63.8 cm³/mol. The zero-order valence-electron chi connectivity index (χ0n) is 10.3. The minimum Gasteiger partial charge on any atom is -0.345 e. The molecule has 0 radical (unpaired) electrons. The Morgan fingerprint density at radius 1 is 1.10 bits per heavy atom. The van der Waals surface area contributed by atoms with Crippen molar-refractivity contribution in [2.75, 3.05) is 5.33 Å². The van der Waals surface area contributed by atoms with Crippen molar-refractivity contribution in [2.45, 2.75) is 49.7 Å². The number of hydrogen-bond acceptors (Lipinski definition) is 2. The first-order valence-corrected chi connectivity index (χ1v) is 7.01. The lowest BCUT2D eigenvalue weighted by Gasteiger charge is -2.31. The first-order valence-electron chi connectivity index (χ1n) is 5.89. The summed E-state index contributed by atoms with van der Waals surface area (Å²) in [5.74, 6) is -8.21. The Morgan fingerprint density at radius 3 is 2.00 bits per heavy atom. The van der Waals surface area contributed by atoms with Gasteiger partial charge in [-0.1, -0.05) is 28.8 Å². The van der Waals surface area contributed by atoms with E-state index in [9.17, 15) is 31.5 Å². The molecule has 0 spiro atoms. The number of rotatable bonds is 5. The number of nitrogens with one attached hydrogen (secondary N) is 1. The number of ketones is 1. The van der Waals surface area contributed by atoms with Crippen LogP contribution in [-0.2, 0) is 9.59 Å². The van der Waals surface area contributed by atoms with Crippen LogP contribution in [0, 0.1) is 0 Å². The summed E-state index contributed by atoms with van der Waals surface area (Å²) in [6.07, 6.45) is -4.65. The molecule has 3 nitrogen and oxygen atoms in total. The highest BCUT2D eigenvalue weighted by Gasteiger charge is 2.64. The molecule has 0 aliphatic heterocycles. The normalized spacial score (nSPS) is 18.9. The summed E-state index contributed by atoms with van der Waals surface area (Å²) >= 11 is 2.89. The average molecular weight is 366 g/mol. The van der Waals surface area contributed by atoms with Crippen LogP contribution in [0.2, 0.25) is 0 Å². The fraction of sp³-hybridized carbons (Fsp3) is 0.818. The second kappa shape index (κ2) is 5.95. The lowest BCUT2D eigenvalue weighted by molar-refractivity contribution is -0.270. The first kappa shape index (κ1) is 17.3. The van der Waals surface area contributed by atoms with Crippen LogP contribution in [0.25, 0.3) is 0 Å². The first-order chi connectivity index (χ1) is 9.04. The minimum absolute atomic E-state index is 0.0414. The molecule has 1 amide bonds. The van der Waals surface area contributed by atoms with Crippen molar-refractivity contribution >= 4 is 27.6 Å². The molecule has 0 saturated heterocycles. The zero-order chi connectivity index (χ0) is 15.6. The summed E-state index contributed by atoms with van der Waals surface area (Å²) < 4.78 is 62.2. The van der Waals surface area contributed by atoms with E-state index in [0.717, 1.165) is 0 Å². The van der Waals surface area contributed by atoms with E-state index in [1.54, 1.807) is 5.32 Å². The SMILES string of the molecule is O=C(CBr)CC1(NC(=O)C(F)(F)C(F)(F)F)CCCC1. The molecule has 0 aromatic heterocycles. The van der Waals surface area contributed by atoms with Crippen molar-refractivity contribution in [2.24, 2.45) is 0 Å². The zero-order valence-corrected chi connectivity index (χ0v) is 11.9. The summed E-state index contributed by atoms with van der Waals surface area (Å²) in [5, 5.41) is 1.71. The fourth-order valence-corrected chi connectivity index (χ4v) is 2.47. The number of alkyl halides is 6. The van der Waals surface area contributed by atoms with Gasteiger partial charge < -0.3 is 5.32 Å². The number of hydrogen-bond donors (Lipinski definition) is 1. The van der Waals surface area contributed by atoms with Crippen molar-refractivity contribution in [3.63, 3.8) is 0 Å². The van der Waals surface area contributed by atoms with Crippen molar-refractivity contribution in [3.8, 4) is 0 Å². The maximum absolute atomic E-state index is 12.9. The van der Waals surface area contributed by atoms with E-state index < -0.39 is 23.5 Å². The number of halogens is 6. The van der Waals surface area contributed by atoms with E-state index in [-0.39, 0.29) is 30.4 Å². The van der Waals surface area contributed by atoms with Gasteiger partial charge in [-0.25, -0.2) is 0 Å². The van der Waals surface area contributed by atoms with Gasteiger partial charge in [0.15, 0.2) is 0 Å². The van der Waals surface area contributed by atoms with E-state index in [1.807, 2.05) is 0 Å². The number of carbonyl (C=O) groups is 2. The van der Waals surface area contributed by atoms with Crippen LogP contribution in [0.3, 0.4) is 0 Å². The standard InChI is InChI=1S/C11H13BrF5NO2/c12-6-7(19)5-9(3-1-2-4-9)18-8(20)10(13,14)11(15,16)17/h1-6H2,(H,18,20). The Balaban J connectivity index is 2.86. The summed E-state index contributed by atoms with van der Waals surface area (Å²) in [4.78, 5) is 22.6. The van der Waals surface area contributed by atoms with Crippen LogP contribution >= 0.6 is 15.9 Å². The molecule has 1 saturated carbocycles. The van der Waals surface area contributed by atoms with Gasteiger partial charge >= 0.3 is 18.0 Å². The molecule has 1 rings (SSSR count). The van der Waals surface area contributed by atoms with E-state index in [4.69, 9.17) is 0 Å². The summed E-state index contributed by atoms with van der Waals surface area (Å²) in [7, 11) is 0. The molecule has 116 valence electrons. The monoisotopic (exact) mass is 365 g/mol. The van der Waals surface area contributed by atoms with E-state index in [2.05, 4.69) is 15.9 Å². The van der Waals surface area contributed by atoms with Gasteiger partial charge in [-0.15, -0.1) is 0 Å². The topological polar surface area (TPSA) is 46.2 Å². The Morgan fingerprint density at radius 2 is 1.60 bits per heavy atom. The number of Topliss-reactive ketones (excluding diaryl/α,β-unsaturated/α-hetero) is 1. The van der Waals surface area contributed by atoms with Gasteiger partial charge in [0.05, 0.1) is 5.33 Å². The highest BCUT2D eigenvalue weighted by atomic mass is 79.9. The van der Waals surface area contributed by atoms with Crippen molar-refractivity contribution in [1.29, 1.82) is 0 Å². The molecule has 0 bridgehead atoms. The third-order valence-electron chi connectivity index (χ3n) is 3.27. The molecular weight excluding hydrogens is 353 g/mol. The molecule has 1 fully saturated rings. The van der Waals surface area contributed by atoms with Crippen LogP contribution < -0.4 is 5.32 Å². The molecule has 9 heteroatoms. The van der Waals surface area contributed by atoms with Crippen LogP contribution in [0.15, 0.2) is 0 Å². The molecule has 1 aliphatic rings. The molecule has 20 heavy (non-hydrogen) atoms. The Hall–Kier alpha value is -0.730. The van der Waals surface area contributed by atoms with Crippen molar-refractivity contribution in [3.05, 3.63) is 0 Å². The third-order valence-corrected chi connectivity index (χ3v) is 3.89. The average Bonchev–Trinajstić information content (AvgIpc) is 2.75. The quantitative estimate of drug-likeness (QED) is 0.601. The van der Waals surface area contributed by atoms with Crippen LogP contribution in [0.1, 0.15) is 32.1 Å². The van der Waals surface area contributed by atoms with Gasteiger partial charge in [-0.2, -0.15) is 22.0 Å². The predicted octanol–water partition coefficient (Wildman–Crippen LogP) is 2.97.